The van der Waals surface area contributed by atoms with Crippen molar-refractivity contribution in [2.75, 3.05) is 6.54 Å². The maximum atomic E-state index is 13.1. The van der Waals surface area contributed by atoms with Gasteiger partial charge in [-0.05, 0) is 22.8 Å². The first kappa shape index (κ1) is 19.4. The molecule has 0 bridgehead atoms. The van der Waals surface area contributed by atoms with Gasteiger partial charge < -0.3 is 10.4 Å². The van der Waals surface area contributed by atoms with E-state index in [-0.39, 0.29) is 13.0 Å². The van der Waals surface area contributed by atoms with Gasteiger partial charge in [0.2, 0.25) is 0 Å². The van der Waals surface area contributed by atoms with Gasteiger partial charge in [0.25, 0.3) is 12.3 Å². The Bertz CT molecular complexity index is 1010. The highest BCUT2D eigenvalue weighted by molar-refractivity contribution is 5.93. The van der Waals surface area contributed by atoms with Gasteiger partial charge in [0.05, 0.1) is 5.92 Å². The summed E-state index contributed by atoms with van der Waals surface area (Å²) in [5, 5.41) is 20.7. The Morgan fingerprint density at radius 1 is 1.18 bits per heavy atom. The van der Waals surface area contributed by atoms with Crippen LogP contribution in [0.5, 0.6) is 0 Å². The molecule has 0 radical (unpaired) electrons. The third-order valence-corrected chi connectivity index (χ3v) is 4.50. The van der Waals surface area contributed by atoms with Crippen LogP contribution in [-0.2, 0) is 18.3 Å². The maximum Gasteiger partial charge on any atom is 0.308 e. The zero-order valence-electron chi connectivity index (χ0n) is 15.0. The summed E-state index contributed by atoms with van der Waals surface area (Å²) in [5.74, 6) is -2.91. The smallest absolute Gasteiger partial charge is 0.308 e. The number of amides is 1. The summed E-state index contributed by atoms with van der Waals surface area (Å²) in [7, 11) is 1.26. The van der Waals surface area contributed by atoms with Gasteiger partial charge in [-0.15, -0.1) is 5.10 Å². The number of halogens is 2. The van der Waals surface area contributed by atoms with Crippen molar-refractivity contribution < 1.29 is 23.5 Å². The van der Waals surface area contributed by atoms with Gasteiger partial charge in [-0.1, -0.05) is 47.7 Å². The van der Waals surface area contributed by atoms with E-state index in [0.717, 1.165) is 21.0 Å². The van der Waals surface area contributed by atoms with Crippen LogP contribution in [0.1, 0.15) is 28.2 Å². The van der Waals surface area contributed by atoms with E-state index in [1.54, 1.807) is 0 Å². The summed E-state index contributed by atoms with van der Waals surface area (Å²) >= 11 is 0. The van der Waals surface area contributed by atoms with E-state index in [4.69, 9.17) is 0 Å². The number of rotatable bonds is 7. The summed E-state index contributed by atoms with van der Waals surface area (Å²) in [6.07, 6.45) is -2.74. The zero-order chi connectivity index (χ0) is 20.3. The second kappa shape index (κ2) is 8.12. The first-order valence-electron chi connectivity index (χ1n) is 8.54. The van der Waals surface area contributed by atoms with Crippen LogP contribution in [0, 0.1) is 5.92 Å². The lowest BCUT2D eigenvalue weighted by Gasteiger charge is -2.15. The fourth-order valence-corrected chi connectivity index (χ4v) is 3.05. The normalized spacial score (nSPS) is 12.3. The number of nitrogens with one attached hydrogen (secondary N) is 1. The molecule has 0 aliphatic rings. The number of hydrogen-bond acceptors (Lipinski definition) is 4. The van der Waals surface area contributed by atoms with E-state index in [9.17, 15) is 23.5 Å². The predicted molar refractivity (Wildman–Crippen MR) is 97.1 cm³/mol. The number of alkyl halides is 2. The molecule has 0 aliphatic heterocycles. The number of carboxylic acids is 1. The number of aryl methyl sites for hydroxylation is 1. The monoisotopic (exact) mass is 388 g/mol. The molecule has 1 amide bonds. The molecule has 0 saturated carbocycles. The minimum atomic E-state index is -2.92. The van der Waals surface area contributed by atoms with Gasteiger partial charge in [0.1, 0.15) is 5.69 Å². The van der Waals surface area contributed by atoms with Crippen molar-refractivity contribution in [2.24, 2.45) is 13.0 Å². The van der Waals surface area contributed by atoms with Crippen molar-refractivity contribution in [1.82, 2.24) is 20.3 Å². The topological polar surface area (TPSA) is 97.1 Å². The highest BCUT2D eigenvalue weighted by Gasteiger charge is 2.27. The van der Waals surface area contributed by atoms with Gasteiger partial charge in [-0.25, -0.2) is 13.5 Å². The quantitative estimate of drug-likeness (QED) is 0.648. The Kier molecular flexibility index (Phi) is 5.62. The molecule has 1 unspecified atom stereocenters. The van der Waals surface area contributed by atoms with E-state index >= 15 is 0 Å². The third-order valence-electron chi connectivity index (χ3n) is 4.50. The summed E-state index contributed by atoms with van der Waals surface area (Å²) in [5.41, 5.74) is -0.294. The van der Waals surface area contributed by atoms with E-state index in [1.165, 1.54) is 7.05 Å². The van der Waals surface area contributed by atoms with Gasteiger partial charge in [0.15, 0.2) is 5.69 Å². The second-order valence-corrected chi connectivity index (χ2v) is 6.34. The van der Waals surface area contributed by atoms with Crippen molar-refractivity contribution in [3.8, 4) is 0 Å². The van der Waals surface area contributed by atoms with E-state index in [1.807, 2.05) is 42.5 Å². The van der Waals surface area contributed by atoms with Crippen LogP contribution in [0.15, 0.2) is 42.5 Å². The van der Waals surface area contributed by atoms with Crippen molar-refractivity contribution in [3.63, 3.8) is 0 Å². The molecule has 2 N–H and O–H groups in total. The first-order valence-corrected chi connectivity index (χ1v) is 8.54. The molecule has 2 aromatic carbocycles. The van der Waals surface area contributed by atoms with E-state index in [0.29, 0.717) is 0 Å². The lowest BCUT2D eigenvalue weighted by atomic mass is 9.95. The molecule has 3 rings (SSSR count). The van der Waals surface area contributed by atoms with Gasteiger partial charge in [0, 0.05) is 13.6 Å². The van der Waals surface area contributed by atoms with Crippen LogP contribution in [0.25, 0.3) is 10.8 Å². The number of fused-ring (bicyclic) bond motifs is 1. The van der Waals surface area contributed by atoms with E-state index < -0.39 is 35.6 Å². The Balaban J connectivity index is 1.75. The van der Waals surface area contributed by atoms with Crippen molar-refractivity contribution in [2.45, 2.75) is 12.8 Å². The molecule has 0 spiro atoms. The van der Waals surface area contributed by atoms with Gasteiger partial charge in [-0.3, -0.25) is 9.59 Å². The molecular weight excluding hydrogens is 370 g/mol. The average molecular weight is 388 g/mol. The Morgan fingerprint density at radius 3 is 2.61 bits per heavy atom. The van der Waals surface area contributed by atoms with Crippen LogP contribution in [-0.4, -0.2) is 38.5 Å². The number of carboxylic acid groups (broad SMARTS) is 1. The van der Waals surface area contributed by atoms with Crippen LogP contribution in [0.4, 0.5) is 8.78 Å². The van der Waals surface area contributed by atoms with Gasteiger partial charge >= 0.3 is 5.97 Å². The number of carbonyl (C=O) groups is 2. The minimum Gasteiger partial charge on any atom is -0.481 e. The largest absolute Gasteiger partial charge is 0.481 e. The summed E-state index contributed by atoms with van der Waals surface area (Å²) in [4.78, 5) is 23.9. The lowest BCUT2D eigenvalue weighted by Crippen LogP contribution is -2.34. The van der Waals surface area contributed by atoms with Crippen LogP contribution in [0.2, 0.25) is 0 Å². The molecule has 1 atom stereocenters. The molecule has 1 aromatic heterocycles. The molecule has 0 aliphatic carbocycles. The maximum absolute atomic E-state index is 13.1. The van der Waals surface area contributed by atoms with Crippen LogP contribution < -0.4 is 5.32 Å². The molecule has 3 aromatic rings. The lowest BCUT2D eigenvalue weighted by molar-refractivity contribution is -0.141. The standard InChI is InChI=1S/C19H18F2N4O3/c1-25-16(17(20)21)15(23-24-25)18(26)22-10-13(19(27)28)9-12-7-4-6-11-5-2-3-8-14(11)12/h2-8,13,17H,9-10H2,1H3,(H,22,26)(H,27,28). The van der Waals surface area contributed by atoms with Crippen LogP contribution in [0.3, 0.4) is 0 Å². The number of hydrogen-bond donors (Lipinski definition) is 2. The molecule has 7 nitrogen and oxygen atoms in total. The van der Waals surface area contributed by atoms with Crippen molar-refractivity contribution >= 4 is 22.6 Å². The fourth-order valence-electron chi connectivity index (χ4n) is 3.05. The minimum absolute atomic E-state index is 0.180. The Hall–Kier alpha value is -3.36. The van der Waals surface area contributed by atoms with Crippen molar-refractivity contribution in [1.29, 1.82) is 0 Å². The van der Waals surface area contributed by atoms with Gasteiger partial charge in [-0.2, -0.15) is 0 Å². The number of aliphatic carboxylic acids is 1. The number of nitrogens with zero attached hydrogens (tertiary/aromatic N) is 3. The van der Waals surface area contributed by atoms with Crippen LogP contribution >= 0.6 is 0 Å². The molecule has 1 heterocycles. The average Bonchev–Trinajstić information content (AvgIpc) is 3.06. The summed E-state index contributed by atoms with van der Waals surface area (Å²) in [6, 6.07) is 13.2. The van der Waals surface area contributed by atoms with Crippen molar-refractivity contribution in [3.05, 3.63) is 59.4 Å². The Labute approximate surface area is 159 Å². The number of carbonyl (C=O) groups excluding carboxylic acids is 1. The predicted octanol–water partition coefficient (Wildman–Crippen LogP) is 2.58. The molecule has 0 saturated heterocycles. The SMILES string of the molecule is Cn1nnc(C(=O)NCC(Cc2cccc3ccccc23)C(=O)O)c1C(F)F. The molecule has 0 fully saturated rings. The highest BCUT2D eigenvalue weighted by atomic mass is 19.3. The zero-order valence-corrected chi connectivity index (χ0v) is 15.0. The highest BCUT2D eigenvalue weighted by Crippen LogP contribution is 2.22. The molecular formula is C19H18F2N4O3. The molecule has 28 heavy (non-hydrogen) atoms. The first-order chi connectivity index (χ1) is 13.4. The Morgan fingerprint density at radius 2 is 1.89 bits per heavy atom. The second-order valence-electron chi connectivity index (χ2n) is 6.34. The molecule has 9 heteroatoms. The third kappa shape index (κ3) is 3.98. The summed E-state index contributed by atoms with van der Waals surface area (Å²) in [6.45, 7) is -0.226. The summed E-state index contributed by atoms with van der Waals surface area (Å²) < 4.78 is 27.0. The fraction of sp³-hybridized carbons (Fsp3) is 0.263. The van der Waals surface area contributed by atoms with E-state index in [2.05, 4.69) is 15.6 Å². The number of aromatic nitrogens is 3. The number of benzene rings is 2. The molecule has 146 valence electrons.